The molecule has 1 saturated heterocycles. The van der Waals surface area contributed by atoms with Crippen LogP contribution in [0.25, 0.3) is 0 Å². The molecule has 1 fully saturated rings. The summed E-state index contributed by atoms with van der Waals surface area (Å²) in [5.74, 6) is 0.805. The van der Waals surface area contributed by atoms with Crippen LogP contribution in [0, 0.1) is 0 Å². The Hall–Kier alpha value is -1.04. The minimum Gasteiger partial charge on any atom is -0.378 e. The van der Waals surface area contributed by atoms with Crippen LogP contribution in [0.15, 0.2) is 34.5 Å². The number of amidine groups is 1. The van der Waals surface area contributed by atoms with E-state index in [2.05, 4.69) is 15.1 Å². The van der Waals surface area contributed by atoms with E-state index in [4.69, 9.17) is 16.3 Å². The Morgan fingerprint density at radius 3 is 2.63 bits per heavy atom. The lowest BCUT2D eigenvalue weighted by Gasteiger charge is -2.29. The van der Waals surface area contributed by atoms with Crippen LogP contribution in [0.5, 0.6) is 0 Å². The van der Waals surface area contributed by atoms with Gasteiger partial charge in [-0.3, -0.25) is 0 Å². The number of hydrogen-bond donors (Lipinski definition) is 0. The highest BCUT2D eigenvalue weighted by molar-refractivity contribution is 8.14. The lowest BCUT2D eigenvalue weighted by atomic mass is 10.1. The fraction of sp³-hybridized carbons (Fsp3) is 0.385. The van der Waals surface area contributed by atoms with Crippen molar-refractivity contribution in [2.45, 2.75) is 0 Å². The van der Waals surface area contributed by atoms with Crippen LogP contribution in [0.2, 0.25) is 5.02 Å². The summed E-state index contributed by atoms with van der Waals surface area (Å²) in [6.45, 7) is 3.31. The lowest BCUT2D eigenvalue weighted by Crippen LogP contribution is -2.40. The van der Waals surface area contributed by atoms with E-state index in [0.717, 1.165) is 53.5 Å². The van der Waals surface area contributed by atoms with Gasteiger partial charge in [0.05, 0.1) is 18.9 Å². The molecule has 0 aliphatic carbocycles. The van der Waals surface area contributed by atoms with Crippen LogP contribution in [0.4, 0.5) is 0 Å². The Morgan fingerprint density at radius 2 is 1.95 bits per heavy atom. The Bertz CT molecular complexity index is 526. The van der Waals surface area contributed by atoms with Gasteiger partial charge in [-0.15, -0.1) is 5.10 Å². The van der Waals surface area contributed by atoms with Gasteiger partial charge in [-0.25, -0.2) is 0 Å². The highest BCUT2D eigenvalue weighted by Crippen LogP contribution is 2.23. The summed E-state index contributed by atoms with van der Waals surface area (Å²) >= 11 is 7.89. The van der Waals surface area contributed by atoms with Gasteiger partial charge < -0.3 is 9.64 Å². The lowest BCUT2D eigenvalue weighted by molar-refractivity contribution is 0.0692. The first-order valence-electron chi connectivity index (χ1n) is 6.19. The summed E-state index contributed by atoms with van der Waals surface area (Å²) in [5, 5.41) is 10.4. The summed E-state index contributed by atoms with van der Waals surface area (Å²) in [4.78, 5) is 2.22. The topological polar surface area (TPSA) is 37.2 Å². The second kappa shape index (κ2) is 5.94. The number of morpholine rings is 1. The zero-order valence-corrected chi connectivity index (χ0v) is 12.0. The summed E-state index contributed by atoms with van der Waals surface area (Å²) in [7, 11) is 0. The minimum atomic E-state index is 0.729. The molecule has 0 aromatic heterocycles. The molecule has 0 radical (unpaired) electrons. The molecule has 2 heterocycles. The smallest absolute Gasteiger partial charge is 0.186 e. The van der Waals surface area contributed by atoms with Crippen molar-refractivity contribution in [2.75, 3.05) is 32.1 Å². The second-order valence-corrected chi connectivity index (χ2v) is 5.65. The first kappa shape index (κ1) is 13.0. The molecule has 0 amide bonds. The van der Waals surface area contributed by atoms with Crippen molar-refractivity contribution in [3.8, 4) is 0 Å². The Morgan fingerprint density at radius 1 is 1.16 bits per heavy atom. The summed E-state index contributed by atoms with van der Waals surface area (Å²) in [6, 6.07) is 7.75. The predicted octanol–water partition coefficient (Wildman–Crippen LogP) is 2.48. The van der Waals surface area contributed by atoms with E-state index in [1.165, 1.54) is 0 Å². The normalized spacial score (nSPS) is 19.9. The van der Waals surface area contributed by atoms with Gasteiger partial charge in [0, 0.05) is 29.4 Å². The maximum absolute atomic E-state index is 6.18. The third-order valence-corrected chi connectivity index (χ3v) is 4.41. The molecular weight excluding hydrogens is 282 g/mol. The van der Waals surface area contributed by atoms with Gasteiger partial charge in [0.25, 0.3) is 0 Å². The third kappa shape index (κ3) is 2.94. The molecule has 3 rings (SSSR count). The van der Waals surface area contributed by atoms with Gasteiger partial charge in [0.1, 0.15) is 0 Å². The number of benzene rings is 1. The Kier molecular flexibility index (Phi) is 4.06. The molecule has 100 valence electrons. The molecule has 0 saturated carbocycles. The van der Waals surface area contributed by atoms with Crippen molar-refractivity contribution in [1.82, 2.24) is 4.90 Å². The van der Waals surface area contributed by atoms with Crippen LogP contribution in [0.3, 0.4) is 0 Å². The zero-order valence-electron chi connectivity index (χ0n) is 10.4. The average molecular weight is 296 g/mol. The largest absolute Gasteiger partial charge is 0.378 e. The van der Waals surface area contributed by atoms with Crippen molar-refractivity contribution in [1.29, 1.82) is 0 Å². The summed E-state index contributed by atoms with van der Waals surface area (Å²) < 4.78 is 5.34. The van der Waals surface area contributed by atoms with Crippen molar-refractivity contribution in [3.63, 3.8) is 0 Å². The first-order chi connectivity index (χ1) is 9.34. The fourth-order valence-corrected chi connectivity index (χ4v) is 3.22. The molecule has 1 aromatic carbocycles. The molecule has 4 nitrogen and oxygen atoms in total. The van der Waals surface area contributed by atoms with Crippen LogP contribution < -0.4 is 0 Å². The minimum absolute atomic E-state index is 0.729. The monoisotopic (exact) mass is 295 g/mol. The van der Waals surface area contributed by atoms with Crippen molar-refractivity contribution in [3.05, 3.63) is 34.9 Å². The molecule has 0 spiro atoms. The predicted molar refractivity (Wildman–Crippen MR) is 80.3 cm³/mol. The molecule has 2 aliphatic heterocycles. The number of thioether (sulfide) groups is 1. The van der Waals surface area contributed by atoms with E-state index >= 15 is 0 Å². The zero-order chi connectivity index (χ0) is 13.1. The van der Waals surface area contributed by atoms with E-state index in [1.54, 1.807) is 11.8 Å². The molecule has 0 bridgehead atoms. The molecule has 0 N–H and O–H groups in total. The second-order valence-electron chi connectivity index (χ2n) is 4.30. The van der Waals surface area contributed by atoms with Crippen LogP contribution in [-0.2, 0) is 4.74 Å². The molecular formula is C13H14ClN3OS. The fourth-order valence-electron chi connectivity index (χ4n) is 2.03. The Balaban J connectivity index is 1.78. The van der Waals surface area contributed by atoms with Gasteiger partial charge in [0.15, 0.2) is 5.17 Å². The van der Waals surface area contributed by atoms with E-state index in [1.807, 2.05) is 24.3 Å². The van der Waals surface area contributed by atoms with Gasteiger partial charge in [-0.1, -0.05) is 41.6 Å². The maximum atomic E-state index is 6.18. The van der Waals surface area contributed by atoms with Crippen LogP contribution in [0.1, 0.15) is 5.56 Å². The van der Waals surface area contributed by atoms with Gasteiger partial charge in [0.2, 0.25) is 0 Å². The first-order valence-corrected chi connectivity index (χ1v) is 7.56. The average Bonchev–Trinajstić information content (AvgIpc) is 2.49. The number of halogens is 1. The number of nitrogens with zero attached hydrogens (tertiary/aromatic N) is 3. The molecule has 2 aliphatic rings. The highest BCUT2D eigenvalue weighted by atomic mass is 35.5. The molecule has 1 aromatic rings. The van der Waals surface area contributed by atoms with Gasteiger partial charge in [-0.05, 0) is 6.07 Å². The SMILES string of the molecule is Clc1ccccc1C1=NN=C(N2CCOCC2)SC1. The van der Waals surface area contributed by atoms with Gasteiger partial charge in [-0.2, -0.15) is 5.10 Å². The van der Waals surface area contributed by atoms with Crippen molar-refractivity contribution >= 4 is 34.2 Å². The molecule has 0 unspecified atom stereocenters. The summed E-state index contributed by atoms with van der Waals surface area (Å²) in [5.41, 5.74) is 1.91. The number of ether oxygens (including phenoxy) is 1. The van der Waals surface area contributed by atoms with E-state index in [0.29, 0.717) is 0 Å². The summed E-state index contributed by atoms with van der Waals surface area (Å²) in [6.07, 6.45) is 0. The molecule has 19 heavy (non-hydrogen) atoms. The Labute approximate surface area is 121 Å². The van der Waals surface area contributed by atoms with E-state index < -0.39 is 0 Å². The molecule has 6 heteroatoms. The quantitative estimate of drug-likeness (QED) is 0.799. The maximum Gasteiger partial charge on any atom is 0.186 e. The van der Waals surface area contributed by atoms with E-state index in [9.17, 15) is 0 Å². The standard InChI is InChI=1S/C13H14ClN3OS/c14-11-4-2-1-3-10(11)12-9-19-13(16-15-12)17-5-7-18-8-6-17/h1-4H,5-9H2. The van der Waals surface area contributed by atoms with Crippen LogP contribution >= 0.6 is 23.4 Å². The van der Waals surface area contributed by atoms with Crippen molar-refractivity contribution in [2.24, 2.45) is 10.2 Å². The van der Waals surface area contributed by atoms with Crippen molar-refractivity contribution < 1.29 is 4.74 Å². The van der Waals surface area contributed by atoms with E-state index in [-0.39, 0.29) is 0 Å². The highest BCUT2D eigenvalue weighted by Gasteiger charge is 2.20. The number of rotatable bonds is 1. The number of hydrogen-bond acceptors (Lipinski definition) is 5. The third-order valence-electron chi connectivity index (χ3n) is 3.06. The van der Waals surface area contributed by atoms with Gasteiger partial charge >= 0.3 is 0 Å². The molecule has 0 atom stereocenters. The van der Waals surface area contributed by atoms with Crippen LogP contribution in [-0.4, -0.2) is 47.8 Å².